The summed E-state index contributed by atoms with van der Waals surface area (Å²) >= 11 is 0. The van der Waals surface area contributed by atoms with E-state index in [4.69, 9.17) is 4.74 Å². The van der Waals surface area contributed by atoms with Gasteiger partial charge in [-0.3, -0.25) is 4.79 Å². The summed E-state index contributed by atoms with van der Waals surface area (Å²) in [7, 11) is 0. The van der Waals surface area contributed by atoms with E-state index in [1.54, 1.807) is 0 Å². The highest BCUT2D eigenvalue weighted by Gasteiger charge is 2.51. The van der Waals surface area contributed by atoms with E-state index >= 15 is 0 Å². The van der Waals surface area contributed by atoms with Gasteiger partial charge in [0.15, 0.2) is 5.60 Å². The molecule has 1 unspecified atom stereocenters. The minimum Gasteiger partial charge on any atom is -0.356 e. The van der Waals surface area contributed by atoms with Crippen LogP contribution in [0, 0.1) is 0 Å². The number of Topliss-reactive ketones (excluding diaryl/α,β-unsaturated/α-hetero) is 1. The van der Waals surface area contributed by atoms with E-state index in [2.05, 4.69) is 0 Å². The number of epoxide rings is 1. The van der Waals surface area contributed by atoms with Crippen molar-refractivity contribution in [2.45, 2.75) is 5.60 Å². The van der Waals surface area contributed by atoms with Crippen LogP contribution in [0.15, 0.2) is 30.3 Å². The molecule has 1 atom stereocenters. The lowest BCUT2D eigenvalue weighted by molar-refractivity contribution is 0.0907. The minimum absolute atomic E-state index is 0.102. The summed E-state index contributed by atoms with van der Waals surface area (Å²) in [4.78, 5) is 11.8. The summed E-state index contributed by atoms with van der Waals surface area (Å²) in [5, 5.41) is 0. The number of benzene rings is 1. The zero-order valence-electron chi connectivity index (χ0n) is 6.99. The van der Waals surface area contributed by atoms with Crippen LogP contribution in [0.2, 0.25) is 0 Å². The molecule has 1 aliphatic carbocycles. The Morgan fingerprint density at radius 2 is 2.08 bits per heavy atom. The molecule has 1 heterocycles. The van der Waals surface area contributed by atoms with Crippen LogP contribution in [-0.4, -0.2) is 18.0 Å². The average molecular weight is 172 g/mol. The molecule has 1 aromatic carbocycles. The Labute approximate surface area is 75.8 Å². The van der Waals surface area contributed by atoms with E-state index in [1.165, 1.54) is 0 Å². The molecule has 0 aromatic heterocycles. The number of hydrogen-bond acceptors (Lipinski definition) is 2. The quantitative estimate of drug-likeness (QED) is 0.557. The van der Waals surface area contributed by atoms with Gasteiger partial charge in [0.25, 0.3) is 0 Å². The van der Waals surface area contributed by atoms with Gasteiger partial charge >= 0.3 is 0 Å². The van der Waals surface area contributed by atoms with Crippen LogP contribution in [0.5, 0.6) is 0 Å². The fourth-order valence-corrected chi connectivity index (χ4v) is 1.68. The van der Waals surface area contributed by atoms with Crippen molar-refractivity contribution in [3.8, 4) is 0 Å². The minimum atomic E-state index is -0.589. The first-order valence-electron chi connectivity index (χ1n) is 4.29. The Bertz CT molecular complexity index is 414. The molecular weight excluding hydrogens is 164 g/mol. The standard InChI is InChI=1S/C11H8O2/c12-10-9-4-2-1-3-8(9)5-6-11(10)7-13-11/h1-6H,7H2. The molecule has 0 N–H and O–H groups in total. The van der Waals surface area contributed by atoms with Gasteiger partial charge in [0.1, 0.15) is 0 Å². The predicted octanol–water partition coefficient (Wildman–Crippen LogP) is 1.67. The molecular formula is C11H8O2. The van der Waals surface area contributed by atoms with E-state index in [0.29, 0.717) is 6.61 Å². The fourth-order valence-electron chi connectivity index (χ4n) is 1.68. The van der Waals surface area contributed by atoms with Gasteiger partial charge in [0.2, 0.25) is 5.78 Å². The molecule has 1 aromatic rings. The van der Waals surface area contributed by atoms with Crippen LogP contribution >= 0.6 is 0 Å². The highest BCUT2D eigenvalue weighted by atomic mass is 16.6. The van der Waals surface area contributed by atoms with Crippen molar-refractivity contribution in [3.05, 3.63) is 41.5 Å². The molecule has 1 spiro atoms. The smallest absolute Gasteiger partial charge is 0.201 e. The molecule has 13 heavy (non-hydrogen) atoms. The lowest BCUT2D eigenvalue weighted by atomic mass is 9.89. The van der Waals surface area contributed by atoms with Crippen molar-refractivity contribution in [2.75, 3.05) is 6.61 Å². The van der Waals surface area contributed by atoms with E-state index in [9.17, 15) is 4.79 Å². The van der Waals surface area contributed by atoms with Gasteiger partial charge in [-0.15, -0.1) is 0 Å². The number of ketones is 1. The largest absolute Gasteiger partial charge is 0.356 e. The summed E-state index contributed by atoms with van der Waals surface area (Å²) < 4.78 is 5.17. The summed E-state index contributed by atoms with van der Waals surface area (Å²) in [5.74, 6) is 0.102. The third-order valence-corrected chi connectivity index (χ3v) is 2.58. The first kappa shape index (κ1) is 7.04. The van der Waals surface area contributed by atoms with Crippen LogP contribution in [-0.2, 0) is 4.74 Å². The lowest BCUT2D eigenvalue weighted by Gasteiger charge is -2.13. The van der Waals surface area contributed by atoms with Gasteiger partial charge in [-0.1, -0.05) is 30.3 Å². The van der Waals surface area contributed by atoms with Crippen LogP contribution in [0.25, 0.3) is 6.08 Å². The monoisotopic (exact) mass is 172 g/mol. The second kappa shape index (κ2) is 2.09. The number of fused-ring (bicyclic) bond motifs is 1. The summed E-state index contributed by atoms with van der Waals surface area (Å²) in [6.45, 7) is 0.538. The molecule has 0 radical (unpaired) electrons. The second-order valence-electron chi connectivity index (χ2n) is 3.43. The molecule has 2 heteroatoms. The van der Waals surface area contributed by atoms with Crippen molar-refractivity contribution in [2.24, 2.45) is 0 Å². The van der Waals surface area contributed by atoms with Crippen molar-refractivity contribution in [1.82, 2.24) is 0 Å². The topological polar surface area (TPSA) is 29.6 Å². The maximum absolute atomic E-state index is 11.8. The van der Waals surface area contributed by atoms with Crippen LogP contribution in [0.4, 0.5) is 0 Å². The molecule has 3 rings (SSSR count). The Morgan fingerprint density at radius 3 is 2.85 bits per heavy atom. The Kier molecular flexibility index (Phi) is 1.13. The van der Waals surface area contributed by atoms with Gasteiger partial charge in [-0.2, -0.15) is 0 Å². The van der Waals surface area contributed by atoms with E-state index in [1.807, 2.05) is 36.4 Å². The zero-order chi connectivity index (χ0) is 8.89. The van der Waals surface area contributed by atoms with Crippen molar-refractivity contribution in [3.63, 3.8) is 0 Å². The lowest BCUT2D eigenvalue weighted by Crippen LogP contribution is -2.25. The van der Waals surface area contributed by atoms with Gasteiger partial charge in [0.05, 0.1) is 6.61 Å². The van der Waals surface area contributed by atoms with Crippen molar-refractivity contribution < 1.29 is 9.53 Å². The molecule has 0 saturated carbocycles. The van der Waals surface area contributed by atoms with Gasteiger partial charge < -0.3 is 4.74 Å². The Hall–Kier alpha value is -1.41. The second-order valence-corrected chi connectivity index (χ2v) is 3.43. The molecule has 0 bridgehead atoms. The van der Waals surface area contributed by atoms with Gasteiger partial charge in [-0.25, -0.2) is 0 Å². The number of hydrogen-bond donors (Lipinski definition) is 0. The SMILES string of the molecule is O=C1c2ccccc2C=CC12CO2. The number of carbonyl (C=O) groups excluding carboxylic acids is 1. The number of ether oxygens (including phenoxy) is 1. The fraction of sp³-hybridized carbons (Fsp3) is 0.182. The molecule has 1 saturated heterocycles. The average Bonchev–Trinajstić information content (AvgIpc) is 2.94. The normalized spacial score (nSPS) is 29.1. The molecule has 64 valence electrons. The molecule has 2 aliphatic rings. The molecule has 1 fully saturated rings. The Morgan fingerprint density at radius 1 is 1.31 bits per heavy atom. The first-order chi connectivity index (χ1) is 6.32. The molecule has 0 amide bonds. The summed E-state index contributed by atoms with van der Waals surface area (Å²) in [6.07, 6.45) is 3.82. The van der Waals surface area contributed by atoms with Gasteiger partial charge in [0, 0.05) is 5.56 Å². The third kappa shape index (κ3) is 0.835. The van der Waals surface area contributed by atoms with Gasteiger partial charge in [-0.05, 0) is 11.6 Å². The van der Waals surface area contributed by atoms with Crippen LogP contribution in [0.3, 0.4) is 0 Å². The third-order valence-electron chi connectivity index (χ3n) is 2.58. The van der Waals surface area contributed by atoms with E-state index in [-0.39, 0.29) is 5.78 Å². The zero-order valence-corrected chi connectivity index (χ0v) is 6.99. The number of rotatable bonds is 0. The first-order valence-corrected chi connectivity index (χ1v) is 4.29. The maximum atomic E-state index is 11.8. The van der Waals surface area contributed by atoms with E-state index < -0.39 is 5.60 Å². The maximum Gasteiger partial charge on any atom is 0.201 e. The van der Waals surface area contributed by atoms with Crippen LogP contribution < -0.4 is 0 Å². The highest BCUT2D eigenvalue weighted by Crippen LogP contribution is 2.37. The molecule has 2 nitrogen and oxygen atoms in total. The summed E-state index contributed by atoms with van der Waals surface area (Å²) in [6, 6.07) is 7.61. The van der Waals surface area contributed by atoms with Crippen molar-refractivity contribution >= 4 is 11.9 Å². The highest BCUT2D eigenvalue weighted by molar-refractivity contribution is 6.10. The van der Waals surface area contributed by atoms with Crippen molar-refractivity contribution in [1.29, 1.82) is 0 Å². The van der Waals surface area contributed by atoms with Crippen LogP contribution in [0.1, 0.15) is 15.9 Å². The predicted molar refractivity (Wildman–Crippen MR) is 48.5 cm³/mol. The number of carbonyl (C=O) groups is 1. The summed E-state index contributed by atoms with van der Waals surface area (Å²) in [5.41, 5.74) is 1.19. The van der Waals surface area contributed by atoms with E-state index in [0.717, 1.165) is 11.1 Å². The molecule has 1 aliphatic heterocycles. The Balaban J connectivity index is 2.21.